The van der Waals surface area contributed by atoms with Crippen molar-refractivity contribution in [3.8, 4) is 11.3 Å². The zero-order chi connectivity index (χ0) is 24.4. The van der Waals surface area contributed by atoms with Crippen LogP contribution in [-0.2, 0) is 16.9 Å². The summed E-state index contributed by atoms with van der Waals surface area (Å²) in [6.07, 6.45) is 1.36. The van der Waals surface area contributed by atoms with E-state index in [4.69, 9.17) is 5.10 Å². The van der Waals surface area contributed by atoms with Gasteiger partial charge in [0.2, 0.25) is 11.4 Å². The van der Waals surface area contributed by atoms with Crippen LogP contribution in [0.1, 0.15) is 43.7 Å². The third-order valence-electron chi connectivity index (χ3n) is 7.06. The number of benzene rings is 1. The molecule has 2 unspecified atom stereocenters. The molecule has 4 heterocycles. The van der Waals surface area contributed by atoms with Crippen LogP contribution in [0.15, 0.2) is 36.5 Å². The van der Waals surface area contributed by atoms with Gasteiger partial charge >= 0.3 is 11.6 Å². The molecule has 178 valence electrons. The van der Waals surface area contributed by atoms with Gasteiger partial charge in [-0.2, -0.15) is 4.57 Å². The zero-order valence-corrected chi connectivity index (χ0v) is 19.8. The molecule has 34 heavy (non-hydrogen) atoms. The Kier molecular flexibility index (Phi) is 5.20. The average molecular weight is 467 g/mol. The van der Waals surface area contributed by atoms with Gasteiger partial charge < -0.3 is 10.0 Å². The summed E-state index contributed by atoms with van der Waals surface area (Å²) < 4.78 is 17.1. The first-order chi connectivity index (χ1) is 16.2. The highest BCUT2D eigenvalue weighted by Crippen LogP contribution is 2.33. The molecular weight excluding hydrogens is 437 g/mol. The van der Waals surface area contributed by atoms with Gasteiger partial charge in [0.05, 0.1) is 6.54 Å². The van der Waals surface area contributed by atoms with E-state index in [2.05, 4.69) is 0 Å². The van der Waals surface area contributed by atoms with Gasteiger partial charge in [-0.25, -0.2) is 4.39 Å². The summed E-state index contributed by atoms with van der Waals surface area (Å²) in [5.74, 6) is -0.917. The maximum atomic E-state index is 13.4. The number of piperazine rings is 1. The van der Waals surface area contributed by atoms with Crippen molar-refractivity contribution in [1.82, 2.24) is 19.4 Å². The van der Waals surface area contributed by atoms with E-state index >= 15 is 0 Å². The molecular formula is C25H29FN5O3+. The first-order valence-corrected chi connectivity index (χ1v) is 11.7. The fourth-order valence-electron chi connectivity index (χ4n) is 5.15. The minimum atomic E-state index is -1.08. The molecule has 2 aliphatic rings. The lowest BCUT2D eigenvalue weighted by Gasteiger charge is -2.43. The van der Waals surface area contributed by atoms with Crippen LogP contribution in [0.25, 0.3) is 16.9 Å². The summed E-state index contributed by atoms with van der Waals surface area (Å²) in [5, 5.41) is 15.1. The molecule has 0 spiro atoms. The number of carbonyl (C=O) groups is 2. The van der Waals surface area contributed by atoms with Gasteiger partial charge in [0.25, 0.3) is 5.91 Å². The number of aromatic nitrogens is 3. The van der Waals surface area contributed by atoms with Crippen molar-refractivity contribution < 1.29 is 23.7 Å². The molecule has 8 nitrogen and oxygen atoms in total. The molecule has 2 aromatic heterocycles. The van der Waals surface area contributed by atoms with E-state index in [1.165, 1.54) is 12.1 Å². The van der Waals surface area contributed by atoms with Crippen LogP contribution in [0.5, 0.6) is 0 Å². The smallest absolute Gasteiger partial charge is 0.313 e. The van der Waals surface area contributed by atoms with Gasteiger partial charge in [0.15, 0.2) is 6.20 Å². The third kappa shape index (κ3) is 3.21. The Bertz CT molecular complexity index is 1300. The molecule has 0 aliphatic carbocycles. The van der Waals surface area contributed by atoms with Crippen molar-refractivity contribution in [2.75, 3.05) is 19.6 Å². The van der Waals surface area contributed by atoms with Gasteiger partial charge in [0, 0.05) is 31.1 Å². The number of imidazole rings is 1. The van der Waals surface area contributed by atoms with Crippen LogP contribution in [0.4, 0.5) is 4.39 Å². The van der Waals surface area contributed by atoms with E-state index < -0.39 is 11.8 Å². The Hall–Kier alpha value is -3.33. The molecule has 1 aromatic carbocycles. The lowest BCUT2D eigenvalue weighted by Crippen LogP contribution is -2.69. The molecule has 5 rings (SSSR count). The van der Waals surface area contributed by atoms with Crippen molar-refractivity contribution in [2.45, 2.75) is 45.9 Å². The number of amides is 2. The highest BCUT2D eigenvalue weighted by Gasteiger charge is 2.57. The number of fused-ring (bicyclic) bond motifs is 5. The molecule has 0 radical (unpaired) electrons. The molecule has 3 aromatic rings. The van der Waals surface area contributed by atoms with Crippen LogP contribution in [-0.4, -0.2) is 62.1 Å². The minimum Gasteiger partial charge on any atom is -0.383 e. The number of nitrogens with zero attached hydrogens (tertiary/aromatic N) is 5. The molecule has 1 saturated heterocycles. The van der Waals surface area contributed by atoms with E-state index in [0.29, 0.717) is 30.9 Å². The Morgan fingerprint density at radius 3 is 2.62 bits per heavy atom. The maximum Gasteiger partial charge on any atom is 0.313 e. The lowest BCUT2D eigenvalue weighted by molar-refractivity contribution is -0.749. The SMILES string of the molecule is CCc1cc(-c2ccc(F)cc2)nn2cc3[n+](c12)C1(C)CN(C(=O)C(O)C(C)C)CCN1C3=O. The summed E-state index contributed by atoms with van der Waals surface area (Å²) in [6.45, 7) is 8.67. The fourth-order valence-corrected chi connectivity index (χ4v) is 5.15. The first kappa shape index (κ1) is 22.5. The molecule has 0 saturated carbocycles. The second-order valence-electron chi connectivity index (χ2n) is 9.66. The molecule has 9 heteroatoms. The summed E-state index contributed by atoms with van der Waals surface area (Å²) in [4.78, 5) is 29.8. The molecule has 1 fully saturated rings. The first-order valence-electron chi connectivity index (χ1n) is 11.7. The lowest BCUT2D eigenvalue weighted by atomic mass is 10.0. The normalized spacial score (nSPS) is 20.7. The largest absolute Gasteiger partial charge is 0.383 e. The number of carbonyl (C=O) groups excluding carboxylic acids is 2. The number of hydrogen-bond acceptors (Lipinski definition) is 4. The summed E-state index contributed by atoms with van der Waals surface area (Å²) in [5.41, 5.74) is 2.97. The van der Waals surface area contributed by atoms with Gasteiger partial charge in [-0.3, -0.25) is 14.5 Å². The van der Waals surface area contributed by atoms with E-state index in [-0.39, 0.29) is 30.1 Å². The van der Waals surface area contributed by atoms with Gasteiger partial charge in [-0.15, -0.1) is 0 Å². The van der Waals surface area contributed by atoms with Crippen molar-refractivity contribution >= 4 is 17.5 Å². The highest BCUT2D eigenvalue weighted by molar-refractivity contribution is 5.93. The Morgan fingerprint density at radius 2 is 1.97 bits per heavy atom. The predicted octanol–water partition coefficient (Wildman–Crippen LogP) is 1.98. The Balaban J connectivity index is 1.62. The standard InChI is InChI=1S/C25H29FN5O3/c1-5-16-12-19(17-6-8-18(26)9-7-17)27-30-13-20-23(33)29-11-10-28(24(34)21(32)15(2)3)14-25(29,4)31(20)22(16)30/h6-9,12-13,15,21,32H,5,10-11,14H2,1-4H3/q+1. The van der Waals surface area contributed by atoms with Crippen molar-refractivity contribution in [2.24, 2.45) is 5.92 Å². The highest BCUT2D eigenvalue weighted by atomic mass is 19.1. The third-order valence-corrected chi connectivity index (χ3v) is 7.06. The number of hydrogen-bond donors (Lipinski definition) is 1. The van der Waals surface area contributed by atoms with Gasteiger partial charge in [-0.05, 0) is 42.7 Å². The van der Waals surface area contributed by atoms with Crippen LogP contribution in [0.3, 0.4) is 0 Å². The van der Waals surface area contributed by atoms with Crippen LogP contribution in [0.2, 0.25) is 0 Å². The van der Waals surface area contributed by atoms with Crippen molar-refractivity contribution in [3.63, 3.8) is 0 Å². The second kappa shape index (κ2) is 7.87. The number of rotatable bonds is 4. The van der Waals surface area contributed by atoms with Crippen molar-refractivity contribution in [3.05, 3.63) is 53.6 Å². The minimum absolute atomic E-state index is 0.102. The average Bonchev–Trinajstić information content (AvgIpc) is 3.31. The number of aliphatic hydroxyl groups is 1. The van der Waals surface area contributed by atoms with E-state index in [0.717, 1.165) is 16.8 Å². The van der Waals surface area contributed by atoms with Crippen LogP contribution < -0.4 is 4.57 Å². The van der Waals surface area contributed by atoms with Gasteiger partial charge in [0.1, 0.15) is 17.6 Å². The number of aryl methyl sites for hydroxylation is 1. The summed E-state index contributed by atoms with van der Waals surface area (Å²) in [7, 11) is 0. The Morgan fingerprint density at radius 1 is 1.26 bits per heavy atom. The van der Waals surface area contributed by atoms with E-state index in [9.17, 15) is 19.1 Å². The fraction of sp³-hybridized carbons (Fsp3) is 0.440. The predicted molar refractivity (Wildman–Crippen MR) is 122 cm³/mol. The summed E-state index contributed by atoms with van der Waals surface area (Å²) in [6, 6.07) is 8.15. The quantitative estimate of drug-likeness (QED) is 0.597. The molecule has 2 aliphatic heterocycles. The van der Waals surface area contributed by atoms with Crippen LogP contribution >= 0.6 is 0 Å². The summed E-state index contributed by atoms with van der Waals surface area (Å²) >= 11 is 0. The second-order valence-corrected chi connectivity index (χ2v) is 9.66. The number of aliphatic hydroxyl groups excluding tert-OH is 1. The van der Waals surface area contributed by atoms with Crippen molar-refractivity contribution in [1.29, 1.82) is 0 Å². The maximum absolute atomic E-state index is 13.4. The number of halogens is 1. The van der Waals surface area contributed by atoms with Gasteiger partial charge in [-0.1, -0.05) is 30.4 Å². The van der Waals surface area contributed by atoms with E-state index in [1.54, 1.807) is 32.6 Å². The topological polar surface area (TPSA) is 82.0 Å². The molecule has 1 N–H and O–H groups in total. The monoisotopic (exact) mass is 466 g/mol. The molecule has 0 bridgehead atoms. The Labute approximate surface area is 197 Å². The molecule has 2 amide bonds. The molecule has 2 atom stereocenters. The van der Waals surface area contributed by atoms with Crippen LogP contribution in [0, 0.1) is 11.7 Å². The van der Waals surface area contributed by atoms with E-state index in [1.807, 2.05) is 38.3 Å². The zero-order valence-electron chi connectivity index (χ0n) is 19.8.